The molecule has 3 nitrogen and oxygen atoms in total. The first-order valence-electron chi connectivity index (χ1n) is 6.70. The number of nitrogens with one attached hydrogen (secondary N) is 2. The zero-order chi connectivity index (χ0) is 14.3. The van der Waals surface area contributed by atoms with Gasteiger partial charge in [0.05, 0.1) is 0 Å². The molecular formula is C15H24FN3. The second-order valence-electron chi connectivity index (χ2n) is 5.24. The summed E-state index contributed by atoms with van der Waals surface area (Å²) < 4.78 is 12.9. The molecule has 0 aliphatic rings. The van der Waals surface area contributed by atoms with Gasteiger partial charge in [-0.2, -0.15) is 0 Å². The van der Waals surface area contributed by atoms with Crippen LogP contribution < -0.4 is 10.6 Å². The Morgan fingerprint density at radius 3 is 2.37 bits per heavy atom. The summed E-state index contributed by atoms with van der Waals surface area (Å²) >= 11 is 0. The van der Waals surface area contributed by atoms with Gasteiger partial charge in [0.25, 0.3) is 0 Å². The predicted octanol–water partition coefficient (Wildman–Crippen LogP) is 2.68. The average Bonchev–Trinajstić information content (AvgIpc) is 2.39. The highest BCUT2D eigenvalue weighted by Gasteiger charge is 2.20. The molecule has 0 spiro atoms. The van der Waals surface area contributed by atoms with Crippen molar-refractivity contribution >= 4 is 5.96 Å². The standard InChI is InChI=1S/C15H24FN3/c1-5-10-18-14(17-4)19-11-15(2,3)12-6-8-13(16)9-7-12/h6-9H,5,10-11H2,1-4H3,(H2,17,18,19). The Bertz CT molecular complexity index is 410. The van der Waals surface area contributed by atoms with Gasteiger partial charge in [0, 0.05) is 25.6 Å². The molecule has 4 heteroatoms. The average molecular weight is 265 g/mol. The smallest absolute Gasteiger partial charge is 0.191 e. The molecule has 0 heterocycles. The highest BCUT2D eigenvalue weighted by molar-refractivity contribution is 5.79. The van der Waals surface area contributed by atoms with Crippen molar-refractivity contribution in [3.8, 4) is 0 Å². The molecule has 2 N–H and O–H groups in total. The van der Waals surface area contributed by atoms with Crippen LogP contribution in [0.1, 0.15) is 32.8 Å². The van der Waals surface area contributed by atoms with E-state index in [1.54, 1.807) is 7.05 Å². The maximum Gasteiger partial charge on any atom is 0.191 e. The van der Waals surface area contributed by atoms with Crippen molar-refractivity contribution in [3.63, 3.8) is 0 Å². The monoisotopic (exact) mass is 265 g/mol. The quantitative estimate of drug-likeness (QED) is 0.634. The van der Waals surface area contributed by atoms with Crippen molar-refractivity contribution < 1.29 is 4.39 Å². The third-order valence-corrected chi connectivity index (χ3v) is 3.09. The van der Waals surface area contributed by atoms with Crippen LogP contribution in [-0.2, 0) is 5.41 Å². The fraction of sp³-hybridized carbons (Fsp3) is 0.533. The van der Waals surface area contributed by atoms with E-state index in [4.69, 9.17) is 0 Å². The molecule has 1 rings (SSSR count). The Morgan fingerprint density at radius 2 is 1.84 bits per heavy atom. The van der Waals surface area contributed by atoms with Crippen molar-refractivity contribution in [3.05, 3.63) is 35.6 Å². The molecule has 0 aliphatic carbocycles. The zero-order valence-electron chi connectivity index (χ0n) is 12.3. The summed E-state index contributed by atoms with van der Waals surface area (Å²) in [7, 11) is 1.76. The summed E-state index contributed by atoms with van der Waals surface area (Å²) in [5.74, 6) is 0.602. The van der Waals surface area contributed by atoms with Crippen LogP contribution in [0.3, 0.4) is 0 Å². The highest BCUT2D eigenvalue weighted by Crippen LogP contribution is 2.22. The van der Waals surface area contributed by atoms with Crippen LogP contribution in [0.15, 0.2) is 29.3 Å². The Kier molecular flexibility index (Phi) is 5.80. The molecule has 1 aromatic carbocycles. The number of nitrogens with zero attached hydrogens (tertiary/aromatic N) is 1. The molecular weight excluding hydrogens is 241 g/mol. The van der Waals surface area contributed by atoms with Crippen LogP contribution in [0, 0.1) is 5.82 Å². The summed E-state index contributed by atoms with van der Waals surface area (Å²) in [5.41, 5.74) is 1.02. The first-order valence-corrected chi connectivity index (χ1v) is 6.70. The maximum atomic E-state index is 12.9. The molecule has 0 aliphatic heterocycles. The van der Waals surface area contributed by atoms with E-state index in [1.165, 1.54) is 12.1 Å². The topological polar surface area (TPSA) is 36.4 Å². The lowest BCUT2D eigenvalue weighted by Gasteiger charge is -2.26. The van der Waals surface area contributed by atoms with Gasteiger partial charge in [0.15, 0.2) is 5.96 Å². The van der Waals surface area contributed by atoms with Crippen molar-refractivity contribution in [1.82, 2.24) is 10.6 Å². The van der Waals surface area contributed by atoms with E-state index in [0.717, 1.165) is 31.0 Å². The van der Waals surface area contributed by atoms with Gasteiger partial charge in [-0.15, -0.1) is 0 Å². The van der Waals surface area contributed by atoms with Crippen molar-refractivity contribution in [1.29, 1.82) is 0 Å². The van der Waals surface area contributed by atoms with Gasteiger partial charge >= 0.3 is 0 Å². The van der Waals surface area contributed by atoms with Crippen LogP contribution in [0.25, 0.3) is 0 Å². The minimum atomic E-state index is -0.201. The van der Waals surface area contributed by atoms with Crippen LogP contribution in [0.2, 0.25) is 0 Å². The zero-order valence-corrected chi connectivity index (χ0v) is 12.3. The minimum absolute atomic E-state index is 0.0858. The van der Waals surface area contributed by atoms with Crippen molar-refractivity contribution in [2.75, 3.05) is 20.1 Å². The summed E-state index contributed by atoms with van der Waals surface area (Å²) in [6.07, 6.45) is 1.06. The van der Waals surface area contributed by atoms with Crippen molar-refractivity contribution in [2.24, 2.45) is 4.99 Å². The summed E-state index contributed by atoms with van der Waals surface area (Å²) in [4.78, 5) is 4.17. The van der Waals surface area contributed by atoms with Gasteiger partial charge in [0.2, 0.25) is 0 Å². The first-order chi connectivity index (χ1) is 8.99. The molecule has 1 aromatic rings. The summed E-state index contributed by atoms with van der Waals surface area (Å²) in [5, 5.41) is 6.53. The van der Waals surface area contributed by atoms with E-state index in [9.17, 15) is 4.39 Å². The molecule has 106 valence electrons. The highest BCUT2D eigenvalue weighted by atomic mass is 19.1. The number of hydrogen-bond donors (Lipinski definition) is 2. The summed E-state index contributed by atoms with van der Waals surface area (Å²) in [6, 6.07) is 6.67. The third-order valence-electron chi connectivity index (χ3n) is 3.09. The second kappa shape index (κ2) is 7.12. The fourth-order valence-corrected chi connectivity index (χ4v) is 1.77. The molecule has 0 unspecified atom stereocenters. The van der Waals surface area contributed by atoms with Gasteiger partial charge < -0.3 is 10.6 Å². The van der Waals surface area contributed by atoms with E-state index in [1.807, 2.05) is 12.1 Å². The molecule has 0 amide bonds. The van der Waals surface area contributed by atoms with Crippen LogP contribution in [-0.4, -0.2) is 26.1 Å². The number of halogens is 1. The summed E-state index contributed by atoms with van der Waals surface area (Å²) in [6.45, 7) is 8.00. The van der Waals surface area contributed by atoms with E-state index in [2.05, 4.69) is 36.4 Å². The lowest BCUT2D eigenvalue weighted by molar-refractivity contribution is 0.507. The van der Waals surface area contributed by atoms with E-state index in [0.29, 0.717) is 0 Å². The lowest BCUT2D eigenvalue weighted by atomic mass is 9.84. The van der Waals surface area contributed by atoms with Gasteiger partial charge in [0.1, 0.15) is 5.82 Å². The van der Waals surface area contributed by atoms with Gasteiger partial charge in [-0.25, -0.2) is 4.39 Å². The van der Waals surface area contributed by atoms with E-state index in [-0.39, 0.29) is 11.2 Å². The van der Waals surface area contributed by atoms with Gasteiger partial charge in [-0.3, -0.25) is 4.99 Å². The number of aliphatic imine (C=N–C) groups is 1. The number of guanidine groups is 1. The lowest BCUT2D eigenvalue weighted by Crippen LogP contribution is -2.43. The van der Waals surface area contributed by atoms with E-state index < -0.39 is 0 Å². The Balaban J connectivity index is 2.61. The van der Waals surface area contributed by atoms with Gasteiger partial charge in [-0.1, -0.05) is 32.9 Å². The van der Waals surface area contributed by atoms with Crippen LogP contribution in [0.4, 0.5) is 4.39 Å². The Labute approximate surface area is 115 Å². The first kappa shape index (κ1) is 15.5. The fourth-order valence-electron chi connectivity index (χ4n) is 1.77. The molecule has 0 atom stereocenters. The second-order valence-corrected chi connectivity index (χ2v) is 5.24. The molecule has 0 fully saturated rings. The van der Waals surface area contributed by atoms with Gasteiger partial charge in [-0.05, 0) is 24.1 Å². The minimum Gasteiger partial charge on any atom is -0.356 e. The Hall–Kier alpha value is -1.58. The molecule has 0 aromatic heterocycles. The van der Waals surface area contributed by atoms with E-state index >= 15 is 0 Å². The molecule has 0 saturated carbocycles. The van der Waals surface area contributed by atoms with Crippen LogP contribution >= 0.6 is 0 Å². The number of benzene rings is 1. The Morgan fingerprint density at radius 1 is 1.21 bits per heavy atom. The maximum absolute atomic E-state index is 12.9. The molecule has 0 saturated heterocycles. The number of rotatable bonds is 5. The largest absolute Gasteiger partial charge is 0.356 e. The molecule has 0 radical (unpaired) electrons. The third kappa shape index (κ3) is 4.89. The number of hydrogen-bond acceptors (Lipinski definition) is 1. The van der Waals surface area contributed by atoms with Crippen LogP contribution in [0.5, 0.6) is 0 Å². The SMILES string of the molecule is CCCNC(=NC)NCC(C)(C)c1ccc(F)cc1. The predicted molar refractivity (Wildman–Crippen MR) is 79.1 cm³/mol. The normalized spacial score (nSPS) is 12.4. The molecule has 0 bridgehead atoms. The van der Waals surface area contributed by atoms with Crippen molar-refractivity contribution in [2.45, 2.75) is 32.6 Å². The molecule has 19 heavy (non-hydrogen) atoms.